The quantitative estimate of drug-likeness (QED) is 0.456. The molecule has 0 aliphatic carbocycles. The first-order chi connectivity index (χ1) is 6.16. The van der Waals surface area contributed by atoms with Gasteiger partial charge < -0.3 is 5.73 Å². The van der Waals surface area contributed by atoms with Gasteiger partial charge in [0.05, 0.1) is 5.54 Å². The van der Waals surface area contributed by atoms with Crippen molar-refractivity contribution in [3.8, 4) is 0 Å². The van der Waals surface area contributed by atoms with E-state index in [0.29, 0.717) is 0 Å². The monoisotopic (exact) mass is 224 g/mol. The molecule has 0 spiro atoms. The third-order valence-electron chi connectivity index (χ3n) is 2.08. The number of hydrogen-bond acceptors (Lipinski definition) is 5. The molecule has 1 rings (SSSR count). The molecule has 1 heterocycles. The van der Waals surface area contributed by atoms with Crippen LogP contribution in [0.3, 0.4) is 0 Å². The van der Waals surface area contributed by atoms with Crippen molar-refractivity contribution in [1.82, 2.24) is 5.06 Å². The van der Waals surface area contributed by atoms with Crippen molar-refractivity contribution in [3.63, 3.8) is 0 Å². The maximum atomic E-state index is 11.1. The minimum Gasteiger partial charge on any atom is -0.318 e. The van der Waals surface area contributed by atoms with E-state index in [0.717, 1.165) is 5.06 Å². The fraction of sp³-hybridized carbons (Fsp3) is 0.833. The van der Waals surface area contributed by atoms with Gasteiger partial charge in [-0.3, -0.25) is 14.2 Å². The molecule has 7 nitrogen and oxygen atoms in total. The Morgan fingerprint density at radius 1 is 1.64 bits per heavy atom. The molecule has 1 atom stereocenters. The summed E-state index contributed by atoms with van der Waals surface area (Å²) < 4.78 is 29.1. The van der Waals surface area contributed by atoms with E-state index < -0.39 is 33.5 Å². The van der Waals surface area contributed by atoms with Crippen molar-refractivity contribution in [2.75, 3.05) is 5.94 Å². The highest BCUT2D eigenvalue weighted by molar-refractivity contribution is 7.85. The van der Waals surface area contributed by atoms with E-state index in [1.165, 1.54) is 0 Å². The highest BCUT2D eigenvalue weighted by atomic mass is 32.2. The van der Waals surface area contributed by atoms with Crippen LogP contribution in [0.25, 0.3) is 0 Å². The third kappa shape index (κ3) is 1.87. The largest absolute Gasteiger partial charge is 0.318 e. The molecule has 0 aromatic carbocycles. The maximum absolute atomic E-state index is 11.1. The van der Waals surface area contributed by atoms with Crippen molar-refractivity contribution in [1.29, 1.82) is 0 Å². The van der Waals surface area contributed by atoms with E-state index in [-0.39, 0.29) is 0 Å². The van der Waals surface area contributed by atoms with Gasteiger partial charge in [-0.15, -0.1) is 0 Å². The van der Waals surface area contributed by atoms with E-state index in [1.54, 1.807) is 13.8 Å². The number of amides is 1. The first-order valence-corrected chi connectivity index (χ1v) is 5.45. The Morgan fingerprint density at radius 2 is 2.14 bits per heavy atom. The molecule has 1 amide bonds. The normalized spacial score (nSPS) is 26.1. The molecule has 0 unspecified atom stereocenters. The van der Waals surface area contributed by atoms with Crippen LogP contribution in [0.1, 0.15) is 13.8 Å². The maximum Gasteiger partial charge on any atom is 0.292 e. The first-order valence-electron chi connectivity index (χ1n) is 3.84. The number of rotatable bonds is 3. The number of hydroxylamine groups is 2. The molecule has 0 radical (unpaired) electrons. The van der Waals surface area contributed by atoms with Gasteiger partial charge in [0, 0.05) is 0 Å². The minimum absolute atomic E-state index is 0.501. The summed E-state index contributed by atoms with van der Waals surface area (Å²) in [6.45, 7) is 3.26. The fourth-order valence-electron chi connectivity index (χ4n) is 1.12. The first kappa shape index (κ1) is 11.4. The lowest BCUT2D eigenvalue weighted by atomic mass is 9.85. The van der Waals surface area contributed by atoms with E-state index in [2.05, 4.69) is 4.84 Å². The molecule has 14 heavy (non-hydrogen) atoms. The van der Waals surface area contributed by atoms with E-state index in [1.807, 2.05) is 0 Å². The summed E-state index contributed by atoms with van der Waals surface area (Å²) in [5.41, 5.74) is 4.70. The number of carbonyl (C=O) groups is 1. The van der Waals surface area contributed by atoms with Crippen LogP contribution in [-0.2, 0) is 19.8 Å². The predicted octanol–water partition coefficient (Wildman–Crippen LogP) is -1.29. The molecule has 1 aliphatic heterocycles. The van der Waals surface area contributed by atoms with E-state index in [9.17, 15) is 13.2 Å². The van der Waals surface area contributed by atoms with Gasteiger partial charge in [-0.2, -0.15) is 8.42 Å². The molecule has 1 fully saturated rings. The molecule has 82 valence electrons. The van der Waals surface area contributed by atoms with Crippen LogP contribution in [0.2, 0.25) is 0 Å². The number of β-lactam (4-membered cyclic amide) rings is 1. The second-order valence-electron chi connectivity index (χ2n) is 3.59. The lowest BCUT2D eigenvalue weighted by Gasteiger charge is -2.50. The highest BCUT2D eigenvalue weighted by Crippen LogP contribution is 2.30. The van der Waals surface area contributed by atoms with Crippen LogP contribution in [0.5, 0.6) is 0 Å². The second-order valence-corrected chi connectivity index (χ2v) is 4.99. The molecule has 8 heteroatoms. The lowest BCUT2D eigenvalue weighted by molar-refractivity contribution is -0.246. The van der Waals surface area contributed by atoms with Crippen LogP contribution in [0, 0.1) is 0 Å². The Morgan fingerprint density at radius 3 is 2.50 bits per heavy atom. The molecular formula is C6H12N2O5S. The number of nitrogens with two attached hydrogens (primary N) is 1. The molecule has 0 bridgehead atoms. The summed E-state index contributed by atoms with van der Waals surface area (Å²) >= 11 is 0. The third-order valence-corrected chi connectivity index (χ3v) is 2.48. The van der Waals surface area contributed by atoms with Gasteiger partial charge in [-0.1, -0.05) is 0 Å². The summed E-state index contributed by atoms with van der Waals surface area (Å²) in [5.74, 6) is -1.45. The smallest absolute Gasteiger partial charge is 0.292 e. The number of hydrogen-bond donors (Lipinski definition) is 2. The Kier molecular flexibility index (Phi) is 2.57. The van der Waals surface area contributed by atoms with E-state index in [4.69, 9.17) is 10.3 Å². The number of nitrogens with zero attached hydrogens (tertiary/aromatic N) is 1. The van der Waals surface area contributed by atoms with Gasteiger partial charge in [-0.05, 0) is 13.8 Å². The molecule has 0 aromatic heterocycles. The summed E-state index contributed by atoms with van der Waals surface area (Å²) in [7, 11) is -4.24. The summed E-state index contributed by atoms with van der Waals surface area (Å²) in [4.78, 5) is 15.7. The van der Waals surface area contributed by atoms with E-state index >= 15 is 0 Å². The average molecular weight is 224 g/mol. The van der Waals surface area contributed by atoms with Crippen LogP contribution < -0.4 is 5.73 Å². The number of carbonyl (C=O) groups excluding carboxylic acids is 1. The molecule has 0 saturated carbocycles. The second kappa shape index (κ2) is 3.16. The topological polar surface area (TPSA) is 110 Å². The van der Waals surface area contributed by atoms with Gasteiger partial charge in [0.2, 0.25) is 5.94 Å². The zero-order valence-electron chi connectivity index (χ0n) is 7.80. The molecule has 0 aromatic rings. The van der Waals surface area contributed by atoms with Gasteiger partial charge in [0.25, 0.3) is 16.0 Å². The van der Waals surface area contributed by atoms with Crippen LogP contribution in [0.4, 0.5) is 0 Å². The van der Waals surface area contributed by atoms with Gasteiger partial charge in [-0.25, -0.2) is 5.06 Å². The lowest BCUT2D eigenvalue weighted by Crippen LogP contribution is -2.74. The molecule has 1 aliphatic rings. The zero-order chi connectivity index (χ0) is 11.1. The van der Waals surface area contributed by atoms with Crippen LogP contribution in [-0.4, -0.2) is 41.5 Å². The van der Waals surface area contributed by atoms with Crippen molar-refractivity contribution in [3.05, 3.63) is 0 Å². The SMILES string of the molecule is CC1(C)[C@H](N)C(=O)N1OCS(=O)(=O)O. The van der Waals surface area contributed by atoms with Gasteiger partial charge in [0.15, 0.2) is 0 Å². The van der Waals surface area contributed by atoms with Crippen LogP contribution >= 0.6 is 0 Å². The molecule has 1 saturated heterocycles. The Labute approximate surface area is 81.5 Å². The average Bonchev–Trinajstić information content (AvgIpc) is 2.00. The summed E-state index contributed by atoms with van der Waals surface area (Å²) in [6.07, 6.45) is 0. The highest BCUT2D eigenvalue weighted by Gasteiger charge is 2.53. The van der Waals surface area contributed by atoms with Crippen molar-refractivity contribution in [2.24, 2.45) is 5.73 Å². The van der Waals surface area contributed by atoms with Crippen molar-refractivity contribution >= 4 is 16.0 Å². The van der Waals surface area contributed by atoms with Crippen molar-refractivity contribution < 1.29 is 22.6 Å². The van der Waals surface area contributed by atoms with Gasteiger partial charge >= 0.3 is 0 Å². The summed E-state index contributed by atoms with van der Waals surface area (Å²) in [6, 6.07) is -0.705. The standard InChI is InChI=1S/C6H12N2O5S/c1-6(2)4(7)5(9)8(6)13-3-14(10,11)12/h4H,3,7H2,1-2H3,(H,10,11,12)/t4-/m1/s1. The predicted molar refractivity (Wildman–Crippen MR) is 46.4 cm³/mol. The Balaban J connectivity index is 2.60. The molecule has 3 N–H and O–H groups in total. The van der Waals surface area contributed by atoms with Crippen LogP contribution in [0.15, 0.2) is 0 Å². The summed E-state index contributed by atoms with van der Waals surface area (Å²) in [5, 5.41) is 0.853. The van der Waals surface area contributed by atoms with Crippen molar-refractivity contribution in [2.45, 2.75) is 25.4 Å². The molecular weight excluding hydrogens is 212 g/mol. The fourth-order valence-corrected chi connectivity index (χ4v) is 1.36. The zero-order valence-corrected chi connectivity index (χ0v) is 8.61. The Bertz CT molecular complexity index is 349. The van der Waals surface area contributed by atoms with Gasteiger partial charge in [0.1, 0.15) is 6.04 Å². The Hall–Kier alpha value is -0.700. The minimum atomic E-state index is -4.24.